The molecule has 1 rings (SSSR count). The zero-order valence-electron chi connectivity index (χ0n) is 9.77. The summed E-state index contributed by atoms with van der Waals surface area (Å²) < 4.78 is 38.6. The second-order valence-electron chi connectivity index (χ2n) is 3.65. The molecule has 0 atom stereocenters. The molecule has 0 heterocycles. The van der Waals surface area contributed by atoms with E-state index in [0.29, 0.717) is 13.0 Å². The van der Waals surface area contributed by atoms with Gasteiger partial charge in [0.2, 0.25) is 10.0 Å². The monoisotopic (exact) mass is 260 g/mol. The van der Waals surface area contributed by atoms with Crippen LogP contribution in [0, 0.1) is 5.82 Å². The third kappa shape index (κ3) is 3.49. The number of rotatable bonds is 6. The van der Waals surface area contributed by atoms with E-state index in [9.17, 15) is 12.8 Å². The normalized spacial score (nSPS) is 12.0. The lowest BCUT2D eigenvalue weighted by Crippen LogP contribution is -2.36. The van der Waals surface area contributed by atoms with Gasteiger partial charge in [0, 0.05) is 19.6 Å². The third-order valence-corrected chi connectivity index (χ3v) is 4.18. The van der Waals surface area contributed by atoms with Crippen LogP contribution in [-0.4, -0.2) is 32.4 Å². The van der Waals surface area contributed by atoms with Crippen molar-refractivity contribution in [3.8, 4) is 0 Å². The Morgan fingerprint density at radius 1 is 1.35 bits per heavy atom. The molecule has 0 radical (unpaired) electrons. The van der Waals surface area contributed by atoms with Crippen LogP contribution in [0.5, 0.6) is 0 Å². The van der Waals surface area contributed by atoms with E-state index in [1.165, 1.54) is 22.5 Å². The average molecular weight is 260 g/mol. The lowest BCUT2D eigenvalue weighted by Gasteiger charge is -2.20. The lowest BCUT2D eigenvalue weighted by molar-refractivity contribution is 0.417. The molecule has 0 amide bonds. The van der Waals surface area contributed by atoms with Crippen LogP contribution in [0.15, 0.2) is 29.2 Å². The summed E-state index contributed by atoms with van der Waals surface area (Å²) in [6.07, 6.45) is 0.689. The first-order valence-electron chi connectivity index (χ1n) is 5.48. The summed E-state index contributed by atoms with van der Waals surface area (Å²) in [5, 5.41) is 0. The Labute approximate surface area is 101 Å². The van der Waals surface area contributed by atoms with E-state index < -0.39 is 15.8 Å². The highest BCUT2D eigenvalue weighted by molar-refractivity contribution is 7.89. The van der Waals surface area contributed by atoms with Crippen molar-refractivity contribution < 1.29 is 12.8 Å². The van der Waals surface area contributed by atoms with E-state index in [0.717, 1.165) is 6.07 Å². The molecule has 0 aromatic heterocycles. The van der Waals surface area contributed by atoms with Gasteiger partial charge >= 0.3 is 0 Å². The lowest BCUT2D eigenvalue weighted by atomic mass is 10.4. The first-order valence-corrected chi connectivity index (χ1v) is 6.92. The van der Waals surface area contributed by atoms with Crippen molar-refractivity contribution in [2.24, 2.45) is 5.73 Å². The minimum absolute atomic E-state index is 0.0283. The van der Waals surface area contributed by atoms with Crippen molar-refractivity contribution in [3.05, 3.63) is 30.1 Å². The Morgan fingerprint density at radius 3 is 2.59 bits per heavy atom. The van der Waals surface area contributed by atoms with Crippen molar-refractivity contribution in [2.45, 2.75) is 18.2 Å². The number of hydrogen-bond donors (Lipinski definition) is 1. The highest BCUT2D eigenvalue weighted by Crippen LogP contribution is 2.16. The van der Waals surface area contributed by atoms with Crippen molar-refractivity contribution in [1.29, 1.82) is 0 Å². The number of nitrogens with two attached hydrogens (primary N) is 1. The van der Waals surface area contributed by atoms with Crippen LogP contribution < -0.4 is 5.73 Å². The zero-order chi connectivity index (χ0) is 12.9. The molecule has 17 heavy (non-hydrogen) atoms. The Balaban J connectivity index is 3.07. The average Bonchev–Trinajstić information content (AvgIpc) is 2.29. The van der Waals surface area contributed by atoms with Crippen LogP contribution in [0.1, 0.15) is 13.3 Å². The zero-order valence-corrected chi connectivity index (χ0v) is 10.6. The molecule has 0 aliphatic carbocycles. The Hall–Kier alpha value is -0.980. The van der Waals surface area contributed by atoms with E-state index in [1.54, 1.807) is 0 Å². The minimum Gasteiger partial charge on any atom is -0.329 e. The Bertz CT molecular complexity index is 456. The molecule has 0 bridgehead atoms. The molecule has 0 aliphatic heterocycles. The van der Waals surface area contributed by atoms with E-state index in [-0.39, 0.29) is 18.0 Å². The van der Waals surface area contributed by atoms with Crippen molar-refractivity contribution >= 4 is 10.0 Å². The van der Waals surface area contributed by atoms with Gasteiger partial charge in [0.25, 0.3) is 0 Å². The Morgan fingerprint density at radius 2 is 2.06 bits per heavy atom. The largest absolute Gasteiger partial charge is 0.329 e. The smallest absolute Gasteiger partial charge is 0.243 e. The fourth-order valence-corrected chi connectivity index (χ4v) is 3.10. The summed E-state index contributed by atoms with van der Waals surface area (Å²) >= 11 is 0. The highest BCUT2D eigenvalue weighted by atomic mass is 32.2. The van der Waals surface area contributed by atoms with Gasteiger partial charge in [0.05, 0.1) is 4.90 Å². The summed E-state index contributed by atoms with van der Waals surface area (Å²) in [6.45, 7) is 2.75. The molecule has 0 saturated heterocycles. The van der Waals surface area contributed by atoms with Crippen LogP contribution in [0.4, 0.5) is 4.39 Å². The second kappa shape index (κ2) is 6.09. The van der Waals surface area contributed by atoms with Gasteiger partial charge < -0.3 is 5.73 Å². The fourth-order valence-electron chi connectivity index (χ4n) is 1.52. The quantitative estimate of drug-likeness (QED) is 0.835. The molecule has 6 heteroatoms. The predicted octanol–water partition coefficient (Wildman–Crippen LogP) is 1.19. The molecule has 1 aromatic carbocycles. The van der Waals surface area contributed by atoms with Gasteiger partial charge in [-0.05, 0) is 24.6 Å². The number of sulfonamides is 1. The number of hydrogen-bond acceptors (Lipinski definition) is 3. The molecule has 1 aromatic rings. The predicted molar refractivity (Wildman–Crippen MR) is 64.5 cm³/mol. The van der Waals surface area contributed by atoms with Crippen LogP contribution >= 0.6 is 0 Å². The molecule has 2 N–H and O–H groups in total. The van der Waals surface area contributed by atoms with Gasteiger partial charge in [-0.25, -0.2) is 12.8 Å². The minimum atomic E-state index is -3.63. The summed E-state index contributed by atoms with van der Waals surface area (Å²) in [5.74, 6) is -0.560. The number of halogens is 1. The fraction of sp³-hybridized carbons (Fsp3) is 0.455. The van der Waals surface area contributed by atoms with E-state index in [4.69, 9.17) is 5.73 Å². The van der Waals surface area contributed by atoms with Gasteiger partial charge in [-0.3, -0.25) is 0 Å². The maximum atomic E-state index is 13.0. The van der Waals surface area contributed by atoms with Gasteiger partial charge in [-0.15, -0.1) is 0 Å². The summed E-state index contributed by atoms with van der Waals surface area (Å²) in [4.78, 5) is -0.0283. The van der Waals surface area contributed by atoms with Crippen molar-refractivity contribution in [3.63, 3.8) is 0 Å². The van der Waals surface area contributed by atoms with Crippen molar-refractivity contribution in [2.75, 3.05) is 19.6 Å². The number of nitrogens with zero attached hydrogens (tertiary/aromatic N) is 1. The van der Waals surface area contributed by atoms with Crippen LogP contribution in [0.2, 0.25) is 0 Å². The molecule has 96 valence electrons. The summed E-state index contributed by atoms with van der Waals surface area (Å²) in [6, 6.07) is 5.01. The molecular weight excluding hydrogens is 243 g/mol. The molecule has 0 spiro atoms. The molecule has 0 aliphatic rings. The SMILES string of the molecule is CCCN(CCN)S(=O)(=O)c1cccc(F)c1. The highest BCUT2D eigenvalue weighted by Gasteiger charge is 2.23. The standard InChI is InChI=1S/C11H17FN2O2S/c1-2-7-14(8-6-13)17(15,16)11-5-3-4-10(12)9-11/h3-5,9H,2,6-8,13H2,1H3. The van der Waals surface area contributed by atoms with Gasteiger partial charge in [0.1, 0.15) is 5.82 Å². The van der Waals surface area contributed by atoms with Crippen molar-refractivity contribution in [1.82, 2.24) is 4.31 Å². The third-order valence-electron chi connectivity index (χ3n) is 2.29. The van der Waals surface area contributed by atoms with Gasteiger partial charge in [-0.1, -0.05) is 13.0 Å². The molecular formula is C11H17FN2O2S. The first kappa shape index (κ1) is 14.1. The Kier molecular flexibility index (Phi) is 5.04. The van der Waals surface area contributed by atoms with Crippen LogP contribution in [-0.2, 0) is 10.0 Å². The summed E-state index contributed by atoms with van der Waals surface area (Å²) in [7, 11) is -3.63. The second-order valence-corrected chi connectivity index (χ2v) is 5.59. The molecule has 4 nitrogen and oxygen atoms in total. The molecule has 0 fully saturated rings. The van der Waals surface area contributed by atoms with Gasteiger partial charge in [0.15, 0.2) is 0 Å². The molecule has 0 unspecified atom stereocenters. The van der Waals surface area contributed by atoms with Gasteiger partial charge in [-0.2, -0.15) is 4.31 Å². The van der Waals surface area contributed by atoms with Crippen LogP contribution in [0.3, 0.4) is 0 Å². The summed E-state index contributed by atoms with van der Waals surface area (Å²) in [5.41, 5.74) is 5.38. The van der Waals surface area contributed by atoms with E-state index in [1.807, 2.05) is 6.92 Å². The topological polar surface area (TPSA) is 63.4 Å². The maximum Gasteiger partial charge on any atom is 0.243 e. The van der Waals surface area contributed by atoms with Crippen LogP contribution in [0.25, 0.3) is 0 Å². The molecule has 0 saturated carbocycles. The van der Waals surface area contributed by atoms with E-state index >= 15 is 0 Å². The maximum absolute atomic E-state index is 13.0. The first-order chi connectivity index (χ1) is 8.02. The van der Waals surface area contributed by atoms with E-state index in [2.05, 4.69) is 0 Å². The number of benzene rings is 1.